The number of cyclic esters (lactones) is 1. The molecule has 2 fully saturated rings. The van der Waals surface area contributed by atoms with Gasteiger partial charge in [0.1, 0.15) is 11.8 Å². The summed E-state index contributed by atoms with van der Waals surface area (Å²) in [5, 5.41) is 4.94. The van der Waals surface area contributed by atoms with Gasteiger partial charge >= 0.3 is 5.97 Å². The van der Waals surface area contributed by atoms with E-state index in [1.807, 2.05) is 6.07 Å². The van der Waals surface area contributed by atoms with Gasteiger partial charge in [-0.1, -0.05) is 12.8 Å². The number of nitrogens with zero attached hydrogens (tertiary/aromatic N) is 1. The molecule has 34 heavy (non-hydrogen) atoms. The largest absolute Gasteiger partial charge is 0.494 e. The molecule has 0 aromatic heterocycles. The molecule has 0 spiro atoms. The minimum atomic E-state index is -0.601. The highest BCUT2D eigenvalue weighted by molar-refractivity contribution is 6.05. The molecule has 2 saturated heterocycles. The third kappa shape index (κ3) is 7.03. The van der Waals surface area contributed by atoms with Crippen LogP contribution in [0.15, 0.2) is 18.2 Å². The van der Waals surface area contributed by atoms with Crippen molar-refractivity contribution in [2.45, 2.75) is 64.0 Å². The number of unbranched alkanes of at least 4 members (excludes halogenated alkanes) is 3. The van der Waals surface area contributed by atoms with Gasteiger partial charge in [-0.2, -0.15) is 0 Å². The number of carbonyl (C=O) groups is 5. The van der Waals surface area contributed by atoms with Crippen LogP contribution in [0.5, 0.6) is 5.75 Å². The van der Waals surface area contributed by atoms with Gasteiger partial charge in [0.2, 0.25) is 18.2 Å². The maximum Gasteiger partial charge on any atom is 0.305 e. The van der Waals surface area contributed by atoms with Crippen LogP contribution in [0, 0.1) is 0 Å². The van der Waals surface area contributed by atoms with Crippen molar-refractivity contribution in [2.24, 2.45) is 0 Å². The second kappa shape index (κ2) is 12.7. The molecule has 1 atom stereocenters. The Labute approximate surface area is 198 Å². The monoisotopic (exact) mass is 473 g/mol. The van der Waals surface area contributed by atoms with Crippen molar-refractivity contribution in [1.82, 2.24) is 15.5 Å². The number of nitrogens with one attached hydrogen (secondary N) is 2. The lowest BCUT2D eigenvalue weighted by Crippen LogP contribution is -2.52. The van der Waals surface area contributed by atoms with Gasteiger partial charge < -0.3 is 19.7 Å². The van der Waals surface area contributed by atoms with Crippen LogP contribution in [0.4, 0.5) is 0 Å². The average Bonchev–Trinajstić information content (AvgIpc) is 3.42. The normalized spacial score (nSPS) is 19.1. The molecule has 3 aliphatic heterocycles. The number of benzene rings is 1. The number of hydrogen-bond acceptors (Lipinski definition) is 7. The van der Waals surface area contributed by atoms with Crippen LogP contribution in [0.25, 0.3) is 0 Å². The van der Waals surface area contributed by atoms with Gasteiger partial charge in [-0.05, 0) is 49.4 Å². The number of rotatable bonds is 10. The fourth-order valence-electron chi connectivity index (χ4n) is 4.05. The highest BCUT2D eigenvalue weighted by atomic mass is 16.5. The predicted molar refractivity (Wildman–Crippen MR) is 121 cm³/mol. The minimum Gasteiger partial charge on any atom is -0.494 e. The smallest absolute Gasteiger partial charge is 0.305 e. The molecule has 4 rings (SSSR count). The second-order valence-corrected chi connectivity index (χ2v) is 8.38. The Morgan fingerprint density at radius 3 is 2.62 bits per heavy atom. The van der Waals surface area contributed by atoms with E-state index in [1.54, 1.807) is 12.1 Å². The van der Waals surface area contributed by atoms with E-state index in [-0.39, 0.29) is 24.2 Å². The molecule has 184 valence electrons. The lowest BCUT2D eigenvalue weighted by atomic mass is 10.0. The van der Waals surface area contributed by atoms with Gasteiger partial charge in [0.25, 0.3) is 5.91 Å². The lowest BCUT2D eigenvalue weighted by molar-refractivity contribution is -0.138. The minimum absolute atomic E-state index is 0.0463. The molecule has 3 aliphatic rings. The molecule has 0 bridgehead atoms. The molecule has 1 aromatic rings. The van der Waals surface area contributed by atoms with Crippen LogP contribution in [-0.4, -0.2) is 60.8 Å². The number of piperidine rings is 1. The molecular weight excluding hydrogens is 442 g/mol. The number of ether oxygens (including phenoxy) is 2. The van der Waals surface area contributed by atoms with Crippen LogP contribution in [0.1, 0.15) is 67.3 Å². The molecule has 10 nitrogen and oxygen atoms in total. The topological polar surface area (TPSA) is 131 Å². The first-order valence-corrected chi connectivity index (χ1v) is 11.7. The Kier molecular flexibility index (Phi) is 9.42. The first-order valence-electron chi connectivity index (χ1n) is 11.7. The Hall–Kier alpha value is -3.43. The van der Waals surface area contributed by atoms with E-state index in [1.165, 1.54) is 4.90 Å². The first-order chi connectivity index (χ1) is 16.5. The molecule has 0 radical (unpaired) electrons. The van der Waals surface area contributed by atoms with Gasteiger partial charge in [-0.15, -0.1) is 0 Å². The van der Waals surface area contributed by atoms with E-state index in [0.29, 0.717) is 56.9 Å². The van der Waals surface area contributed by atoms with E-state index in [4.69, 9.17) is 4.74 Å². The average molecular weight is 474 g/mol. The number of carbonyl (C=O) groups excluding carboxylic acids is 5. The number of hydrogen-bond donors (Lipinski definition) is 2. The van der Waals surface area contributed by atoms with E-state index in [0.717, 1.165) is 37.7 Å². The molecule has 1 unspecified atom stereocenters. The maximum absolute atomic E-state index is 12.6. The first kappa shape index (κ1) is 25.2. The summed E-state index contributed by atoms with van der Waals surface area (Å²) in [4.78, 5) is 57.7. The number of fused-ring (bicyclic) bond motifs is 1. The van der Waals surface area contributed by atoms with Gasteiger partial charge in [0.05, 0.1) is 13.2 Å². The molecule has 10 heteroatoms. The standard InChI is InChI=1S/C20H25N3O5.C4H6O2/c24-13-21-9-3-1-2-4-10-28-15-5-6-16-14(11-15)12-23(20(16)27)17-7-8-18(25)22-19(17)26;5-4-2-1-3-6-4/h5-6,11,13,17H,1-4,7-10,12H2,(H,21,24)(H,22,25,26);1-3H2. The van der Waals surface area contributed by atoms with Crippen molar-refractivity contribution >= 4 is 30.1 Å². The fourth-order valence-corrected chi connectivity index (χ4v) is 4.05. The molecule has 0 aliphatic carbocycles. The molecule has 0 saturated carbocycles. The fraction of sp³-hybridized carbons (Fsp3) is 0.542. The zero-order valence-corrected chi connectivity index (χ0v) is 19.2. The second-order valence-electron chi connectivity index (χ2n) is 8.38. The summed E-state index contributed by atoms with van der Waals surface area (Å²) in [6.45, 7) is 2.28. The summed E-state index contributed by atoms with van der Waals surface area (Å²) in [7, 11) is 0. The number of amides is 4. The number of imide groups is 1. The van der Waals surface area contributed by atoms with E-state index >= 15 is 0 Å². The third-order valence-corrected chi connectivity index (χ3v) is 5.85. The Morgan fingerprint density at radius 2 is 1.94 bits per heavy atom. The Bertz CT molecular complexity index is 910. The van der Waals surface area contributed by atoms with Crippen LogP contribution >= 0.6 is 0 Å². The summed E-state index contributed by atoms with van der Waals surface area (Å²) in [6, 6.07) is 4.77. The highest BCUT2D eigenvalue weighted by Crippen LogP contribution is 2.30. The van der Waals surface area contributed by atoms with E-state index in [2.05, 4.69) is 15.4 Å². The van der Waals surface area contributed by atoms with Crippen LogP contribution in [-0.2, 0) is 30.5 Å². The van der Waals surface area contributed by atoms with Crippen LogP contribution in [0.3, 0.4) is 0 Å². The summed E-state index contributed by atoms with van der Waals surface area (Å²) in [5.41, 5.74) is 1.42. The van der Waals surface area contributed by atoms with Gasteiger partial charge in [-0.25, -0.2) is 0 Å². The Balaban J connectivity index is 0.000000469. The zero-order valence-electron chi connectivity index (χ0n) is 19.2. The van der Waals surface area contributed by atoms with Crippen LogP contribution in [0.2, 0.25) is 0 Å². The van der Waals surface area contributed by atoms with Crippen molar-refractivity contribution in [3.8, 4) is 5.75 Å². The lowest BCUT2D eigenvalue weighted by Gasteiger charge is -2.29. The molecular formula is C24H31N3O7. The molecule has 2 N–H and O–H groups in total. The quantitative estimate of drug-likeness (QED) is 0.228. The SMILES string of the molecule is O=C1CCCO1.O=CNCCCCCCOc1ccc2c(c1)CN(C1CCC(=O)NC1=O)C2=O. The molecule has 3 heterocycles. The zero-order chi connectivity index (χ0) is 24.3. The highest BCUT2D eigenvalue weighted by Gasteiger charge is 2.39. The number of esters is 1. The van der Waals surface area contributed by atoms with Crippen molar-refractivity contribution in [3.05, 3.63) is 29.3 Å². The van der Waals surface area contributed by atoms with E-state index in [9.17, 15) is 24.0 Å². The summed E-state index contributed by atoms with van der Waals surface area (Å²) >= 11 is 0. The van der Waals surface area contributed by atoms with E-state index < -0.39 is 11.9 Å². The van der Waals surface area contributed by atoms with Gasteiger partial charge in [0.15, 0.2) is 0 Å². The predicted octanol–water partition coefficient (Wildman–Crippen LogP) is 1.46. The Morgan fingerprint density at radius 1 is 1.12 bits per heavy atom. The van der Waals surface area contributed by atoms with Crippen molar-refractivity contribution < 1.29 is 33.4 Å². The van der Waals surface area contributed by atoms with Crippen molar-refractivity contribution in [3.63, 3.8) is 0 Å². The summed E-state index contributed by atoms with van der Waals surface area (Å²) < 4.78 is 10.3. The van der Waals surface area contributed by atoms with Gasteiger partial charge in [-0.3, -0.25) is 29.3 Å². The summed E-state index contributed by atoms with van der Waals surface area (Å²) in [6.07, 6.45) is 6.78. The molecule has 4 amide bonds. The third-order valence-electron chi connectivity index (χ3n) is 5.85. The van der Waals surface area contributed by atoms with Crippen molar-refractivity contribution in [1.29, 1.82) is 0 Å². The van der Waals surface area contributed by atoms with Crippen molar-refractivity contribution in [2.75, 3.05) is 19.8 Å². The maximum atomic E-state index is 12.6. The van der Waals surface area contributed by atoms with Crippen LogP contribution < -0.4 is 15.4 Å². The molecule has 1 aromatic carbocycles. The van der Waals surface area contributed by atoms with Gasteiger partial charge in [0, 0.05) is 31.5 Å². The summed E-state index contributed by atoms with van der Waals surface area (Å²) in [5.74, 6) is -0.215.